The van der Waals surface area contributed by atoms with Gasteiger partial charge >= 0.3 is 0 Å². The van der Waals surface area contributed by atoms with E-state index in [1.54, 1.807) is 22.7 Å². The standard InChI is InChI=1S/C17H16Br2O2S2/c1-3-4-5-6-7-9-11-13(21)12(20)10-8(2)16(18)22-14(10)15(11)23-17(9)19/h3-7H2,1-2H3. The SMILES string of the molecule is CCCCCCc1c(Br)sc2c1C(=O)C(=O)c1c-2sc(Br)c1C. The molecule has 23 heavy (non-hydrogen) atoms. The lowest BCUT2D eigenvalue weighted by molar-refractivity contribution is 0.0815. The Hall–Kier alpha value is -0.300. The van der Waals surface area contributed by atoms with E-state index in [0.29, 0.717) is 11.1 Å². The molecule has 2 heterocycles. The Balaban J connectivity index is 2.06. The molecule has 0 spiro atoms. The van der Waals surface area contributed by atoms with Crippen LogP contribution in [0.4, 0.5) is 0 Å². The number of hydrogen-bond donors (Lipinski definition) is 0. The van der Waals surface area contributed by atoms with Crippen molar-refractivity contribution < 1.29 is 9.59 Å². The van der Waals surface area contributed by atoms with Gasteiger partial charge in [-0.1, -0.05) is 26.2 Å². The molecule has 0 bridgehead atoms. The highest BCUT2D eigenvalue weighted by Gasteiger charge is 2.38. The molecule has 3 rings (SSSR count). The van der Waals surface area contributed by atoms with Gasteiger partial charge in [0.05, 0.1) is 17.3 Å². The second-order valence-electron chi connectivity index (χ2n) is 5.73. The molecule has 0 aromatic carbocycles. The Morgan fingerprint density at radius 3 is 2.17 bits per heavy atom. The van der Waals surface area contributed by atoms with Crippen molar-refractivity contribution in [3.63, 3.8) is 0 Å². The number of carbonyl (C=O) groups excluding carboxylic acids is 2. The van der Waals surface area contributed by atoms with E-state index in [9.17, 15) is 9.59 Å². The molecule has 0 amide bonds. The van der Waals surface area contributed by atoms with Gasteiger partial charge in [-0.15, -0.1) is 22.7 Å². The Bertz CT molecular complexity index is 802. The van der Waals surface area contributed by atoms with Gasteiger partial charge in [-0.05, 0) is 62.8 Å². The smallest absolute Gasteiger partial charge is 0.235 e. The van der Waals surface area contributed by atoms with Crippen molar-refractivity contribution in [2.45, 2.75) is 46.0 Å². The van der Waals surface area contributed by atoms with Gasteiger partial charge in [0.15, 0.2) is 0 Å². The predicted molar refractivity (Wildman–Crippen MR) is 104 cm³/mol. The maximum absolute atomic E-state index is 12.7. The van der Waals surface area contributed by atoms with Crippen LogP contribution in [0.1, 0.15) is 64.4 Å². The van der Waals surface area contributed by atoms with E-state index in [2.05, 4.69) is 38.8 Å². The zero-order chi connectivity index (χ0) is 16.7. The second-order valence-corrected chi connectivity index (χ2v) is 10.4. The highest BCUT2D eigenvalue weighted by molar-refractivity contribution is 9.11. The molecule has 0 saturated carbocycles. The number of thiophene rings is 2. The summed E-state index contributed by atoms with van der Waals surface area (Å²) >= 11 is 10.3. The highest BCUT2D eigenvalue weighted by atomic mass is 79.9. The fourth-order valence-corrected chi connectivity index (χ4v) is 6.75. The van der Waals surface area contributed by atoms with Crippen molar-refractivity contribution in [1.82, 2.24) is 0 Å². The zero-order valence-corrected chi connectivity index (χ0v) is 17.7. The number of rotatable bonds is 5. The topological polar surface area (TPSA) is 34.1 Å². The maximum atomic E-state index is 12.7. The van der Waals surface area contributed by atoms with E-state index in [1.807, 2.05) is 6.92 Å². The number of fused-ring (bicyclic) bond motifs is 3. The molecule has 0 unspecified atom stereocenters. The van der Waals surface area contributed by atoms with Crippen molar-refractivity contribution in [2.75, 3.05) is 0 Å². The summed E-state index contributed by atoms with van der Waals surface area (Å²) in [5, 5.41) is 0. The average Bonchev–Trinajstić information content (AvgIpc) is 3.00. The Morgan fingerprint density at radius 1 is 0.870 bits per heavy atom. The van der Waals surface area contributed by atoms with Crippen molar-refractivity contribution in [3.8, 4) is 9.75 Å². The summed E-state index contributed by atoms with van der Waals surface area (Å²) in [5.41, 5.74) is 3.13. The number of ketones is 2. The molecule has 2 nitrogen and oxygen atoms in total. The summed E-state index contributed by atoms with van der Waals surface area (Å²) in [6.07, 6.45) is 5.46. The fraction of sp³-hybridized carbons (Fsp3) is 0.412. The normalized spacial score (nSPS) is 13.4. The van der Waals surface area contributed by atoms with Gasteiger partial charge < -0.3 is 0 Å². The number of hydrogen-bond acceptors (Lipinski definition) is 4. The summed E-state index contributed by atoms with van der Waals surface area (Å²) in [7, 11) is 0. The van der Waals surface area contributed by atoms with Gasteiger partial charge in [0, 0.05) is 11.1 Å². The molecule has 1 aliphatic rings. The van der Waals surface area contributed by atoms with Gasteiger partial charge in [0.2, 0.25) is 11.6 Å². The van der Waals surface area contributed by atoms with Crippen LogP contribution in [0.5, 0.6) is 0 Å². The minimum Gasteiger partial charge on any atom is -0.285 e. The minimum atomic E-state index is -0.355. The van der Waals surface area contributed by atoms with Crippen LogP contribution in [-0.2, 0) is 6.42 Å². The Kier molecular flexibility index (Phi) is 5.26. The third-order valence-corrected chi connectivity index (χ3v) is 8.50. The number of halogens is 2. The van der Waals surface area contributed by atoms with Crippen LogP contribution in [0.25, 0.3) is 9.75 Å². The summed E-state index contributed by atoms with van der Waals surface area (Å²) < 4.78 is 1.93. The van der Waals surface area contributed by atoms with Crippen molar-refractivity contribution in [1.29, 1.82) is 0 Å². The predicted octanol–water partition coefficient (Wildman–Crippen LogP) is 6.81. The molecule has 1 aliphatic carbocycles. The van der Waals surface area contributed by atoms with Crippen molar-refractivity contribution >= 4 is 66.1 Å². The largest absolute Gasteiger partial charge is 0.285 e. The molecule has 6 heteroatoms. The van der Waals surface area contributed by atoms with Crippen LogP contribution in [-0.4, -0.2) is 11.6 Å². The minimum absolute atomic E-state index is 0.339. The van der Waals surface area contributed by atoms with Crippen LogP contribution in [0, 0.1) is 6.92 Å². The van der Waals surface area contributed by atoms with Crippen LogP contribution >= 0.6 is 54.5 Å². The van der Waals surface area contributed by atoms with Gasteiger partial charge in [0.25, 0.3) is 0 Å². The molecular weight excluding hydrogens is 460 g/mol. The van der Waals surface area contributed by atoms with Crippen LogP contribution in [0.15, 0.2) is 7.57 Å². The van der Waals surface area contributed by atoms with Crippen molar-refractivity contribution in [3.05, 3.63) is 29.8 Å². The van der Waals surface area contributed by atoms with Gasteiger partial charge in [-0.2, -0.15) is 0 Å². The van der Waals surface area contributed by atoms with Crippen LogP contribution < -0.4 is 0 Å². The Labute approximate surface area is 160 Å². The number of Topliss-reactive ketones (excluding diaryl/α,β-unsaturated/α-hetero) is 2. The first-order valence-electron chi connectivity index (χ1n) is 7.66. The van der Waals surface area contributed by atoms with E-state index in [1.165, 1.54) is 12.8 Å². The first-order chi connectivity index (χ1) is 11.0. The monoisotopic (exact) mass is 474 g/mol. The third kappa shape index (κ3) is 2.92. The molecule has 0 radical (unpaired) electrons. The third-order valence-electron chi connectivity index (χ3n) is 4.19. The lowest BCUT2D eigenvalue weighted by atomic mass is 9.89. The van der Waals surface area contributed by atoms with Gasteiger partial charge in [-0.25, -0.2) is 0 Å². The second kappa shape index (κ2) is 6.90. The van der Waals surface area contributed by atoms with E-state index >= 15 is 0 Å². The molecule has 2 aromatic heterocycles. The summed E-state index contributed by atoms with van der Waals surface area (Å²) in [5.74, 6) is -0.694. The molecule has 2 aromatic rings. The van der Waals surface area contributed by atoms with E-state index in [-0.39, 0.29) is 11.6 Å². The molecule has 122 valence electrons. The maximum Gasteiger partial charge on any atom is 0.235 e. The summed E-state index contributed by atoms with van der Waals surface area (Å²) in [4.78, 5) is 27.2. The Morgan fingerprint density at radius 2 is 1.48 bits per heavy atom. The highest BCUT2D eigenvalue weighted by Crippen LogP contribution is 2.50. The quantitative estimate of drug-likeness (QED) is 0.351. The first-order valence-corrected chi connectivity index (χ1v) is 10.9. The molecule has 0 aliphatic heterocycles. The number of carbonyl (C=O) groups is 2. The average molecular weight is 476 g/mol. The molecule has 0 fully saturated rings. The molecule has 0 N–H and O–H groups in total. The molecule has 0 atom stereocenters. The van der Waals surface area contributed by atoms with Crippen molar-refractivity contribution in [2.24, 2.45) is 0 Å². The van der Waals surface area contributed by atoms with E-state index in [4.69, 9.17) is 0 Å². The lowest BCUT2D eigenvalue weighted by Gasteiger charge is -2.12. The molecular formula is C17H16Br2O2S2. The van der Waals surface area contributed by atoms with E-state index < -0.39 is 0 Å². The lowest BCUT2D eigenvalue weighted by Crippen LogP contribution is -2.21. The first kappa shape index (κ1) is 17.5. The van der Waals surface area contributed by atoms with Crippen LogP contribution in [0.3, 0.4) is 0 Å². The summed E-state index contributed by atoms with van der Waals surface area (Å²) in [6, 6.07) is 0. The van der Waals surface area contributed by atoms with Gasteiger partial charge in [-0.3, -0.25) is 9.59 Å². The van der Waals surface area contributed by atoms with Crippen LogP contribution in [0.2, 0.25) is 0 Å². The van der Waals surface area contributed by atoms with E-state index in [0.717, 1.165) is 47.7 Å². The number of unbranched alkanes of at least 4 members (excludes halogenated alkanes) is 3. The van der Waals surface area contributed by atoms with Gasteiger partial charge in [0.1, 0.15) is 0 Å². The fourth-order valence-electron chi connectivity index (χ4n) is 2.94. The zero-order valence-electron chi connectivity index (χ0n) is 12.9. The summed E-state index contributed by atoms with van der Waals surface area (Å²) in [6.45, 7) is 4.08. The molecule has 0 saturated heterocycles.